The van der Waals surface area contributed by atoms with Crippen molar-refractivity contribution in [3.05, 3.63) is 132 Å². The van der Waals surface area contributed by atoms with E-state index < -0.39 is 53.5 Å². The number of likely N-dealkylation sites (tertiary alicyclic amines) is 2. The lowest BCUT2D eigenvalue weighted by Gasteiger charge is -2.38. The summed E-state index contributed by atoms with van der Waals surface area (Å²) in [6, 6.07) is 27.1. The highest BCUT2D eigenvalue weighted by molar-refractivity contribution is 5.98. The van der Waals surface area contributed by atoms with Gasteiger partial charge in [-0.05, 0) is 103 Å². The van der Waals surface area contributed by atoms with E-state index in [0.29, 0.717) is 24.2 Å². The molecule has 0 bridgehead atoms. The number of piperidine rings is 2. The molecular formula is C60H78Cl2N4O16. The molecule has 0 spiro atoms. The number of hydrogen-bond acceptors (Lipinski definition) is 15. The first-order chi connectivity index (χ1) is 38.0. The third-order valence-corrected chi connectivity index (χ3v) is 13.3. The number of carbonyl (C=O) groups is 6. The van der Waals surface area contributed by atoms with Gasteiger partial charge in [0.25, 0.3) is 13.5 Å². The lowest BCUT2D eigenvalue weighted by Crippen LogP contribution is -3.00. The maximum atomic E-state index is 13.2. The number of aliphatic hydroxyl groups is 1. The van der Waals surface area contributed by atoms with Crippen LogP contribution in [-0.2, 0) is 61.2 Å². The second-order valence-electron chi connectivity index (χ2n) is 21.5. The molecule has 448 valence electrons. The molecule has 0 radical (unpaired) electrons. The summed E-state index contributed by atoms with van der Waals surface area (Å²) in [4.78, 5) is 112. The molecule has 22 heteroatoms. The molecule has 2 fully saturated rings. The van der Waals surface area contributed by atoms with Gasteiger partial charge in [-0.3, -0.25) is 19.2 Å². The maximum absolute atomic E-state index is 13.2. The minimum absolute atomic E-state index is 0. The Kier molecular flexibility index (Phi) is 32.9. The third-order valence-electron chi connectivity index (χ3n) is 13.3. The van der Waals surface area contributed by atoms with Crippen LogP contribution in [0.15, 0.2) is 110 Å². The fourth-order valence-electron chi connectivity index (χ4n) is 9.18. The highest BCUT2D eigenvalue weighted by atomic mass is 35.5. The van der Waals surface area contributed by atoms with Crippen molar-refractivity contribution >= 4 is 48.0 Å². The van der Waals surface area contributed by atoms with Crippen molar-refractivity contribution in [1.82, 2.24) is 9.80 Å². The SMILES string of the molecule is C[C@H](c1ccccc1)[C@H]1CCCCN1C(=O)OC[n+]1cccc(C(=O)C[C@@H](CO)C(=O)O)c1.C[C@H](c1ccccc1)[C@H]1CCCCN1C(=O)OC[n+]1cccc(C(=O)C[C@@H](COC(C)(C)C)C(=O)OC(C)(C)C)c1.O=C=O.O=C=O.[Cl-].[Cl-]. The van der Waals surface area contributed by atoms with Crippen LogP contribution in [0.4, 0.5) is 9.59 Å². The lowest BCUT2D eigenvalue weighted by molar-refractivity contribution is -0.727. The predicted octanol–water partition coefficient (Wildman–Crippen LogP) is 1.91. The zero-order chi connectivity index (χ0) is 59.4. The average Bonchev–Trinajstić information content (AvgIpc) is 3.44. The molecule has 2 aliphatic heterocycles. The Bertz CT molecular complexity index is 2680. The van der Waals surface area contributed by atoms with Gasteiger partial charge in [0, 0.05) is 62.0 Å². The molecule has 0 aliphatic carbocycles. The van der Waals surface area contributed by atoms with Crippen molar-refractivity contribution in [1.29, 1.82) is 0 Å². The molecule has 4 aromatic rings. The zero-order valence-corrected chi connectivity index (χ0v) is 49.4. The second kappa shape index (κ2) is 37.0. The van der Waals surface area contributed by atoms with Crippen LogP contribution in [0.5, 0.6) is 0 Å². The van der Waals surface area contributed by atoms with E-state index in [-0.39, 0.29) is 106 Å². The summed E-state index contributed by atoms with van der Waals surface area (Å²) in [6.07, 6.45) is 11.8. The van der Waals surface area contributed by atoms with Gasteiger partial charge in [-0.25, -0.2) is 9.59 Å². The van der Waals surface area contributed by atoms with Crippen LogP contribution in [0, 0.1) is 11.8 Å². The Morgan fingerprint density at radius 1 is 0.598 bits per heavy atom. The molecule has 6 rings (SSSR count). The number of amides is 2. The summed E-state index contributed by atoms with van der Waals surface area (Å²) in [5.41, 5.74) is 1.96. The molecule has 0 unspecified atom stereocenters. The van der Waals surface area contributed by atoms with Gasteiger partial charge in [0.05, 0.1) is 41.8 Å². The lowest BCUT2D eigenvalue weighted by atomic mass is 9.87. The van der Waals surface area contributed by atoms with E-state index in [4.69, 9.17) is 48.3 Å². The van der Waals surface area contributed by atoms with Gasteiger partial charge in [-0.1, -0.05) is 74.5 Å². The average molecular weight is 1180 g/mol. The monoisotopic (exact) mass is 1180 g/mol. The maximum Gasteiger partial charge on any atom is 0.414 e. The number of aliphatic carboxylic acids is 1. The molecule has 2 aromatic heterocycles. The van der Waals surface area contributed by atoms with E-state index in [2.05, 4.69) is 38.1 Å². The molecule has 2 aliphatic rings. The fraction of sp³-hybridized carbons (Fsp3) is 0.500. The van der Waals surface area contributed by atoms with Crippen LogP contribution in [0.3, 0.4) is 0 Å². The Balaban J connectivity index is 0.000000744. The van der Waals surface area contributed by atoms with Crippen LogP contribution in [0.1, 0.15) is 150 Å². The molecule has 2 aromatic carbocycles. The topological polar surface area (TPSA) is 262 Å². The number of ketones is 2. The van der Waals surface area contributed by atoms with E-state index in [0.717, 1.165) is 38.5 Å². The summed E-state index contributed by atoms with van der Waals surface area (Å²) in [7, 11) is 0. The van der Waals surface area contributed by atoms with E-state index in [9.17, 15) is 28.8 Å². The Hall–Kier alpha value is -7.18. The smallest absolute Gasteiger partial charge is 0.414 e. The number of carboxylic acid groups (broad SMARTS) is 1. The van der Waals surface area contributed by atoms with Crippen molar-refractivity contribution in [3.8, 4) is 0 Å². The number of esters is 1. The molecule has 0 saturated carbocycles. The Morgan fingerprint density at radius 2 is 0.988 bits per heavy atom. The molecule has 82 heavy (non-hydrogen) atoms. The zero-order valence-electron chi connectivity index (χ0n) is 47.9. The van der Waals surface area contributed by atoms with Crippen LogP contribution in [-0.4, -0.2) is 118 Å². The number of carboxylic acids is 1. The van der Waals surface area contributed by atoms with Gasteiger partial charge in [0.2, 0.25) is 0 Å². The summed E-state index contributed by atoms with van der Waals surface area (Å²) in [6.45, 7) is 16.1. The first kappa shape index (κ1) is 72.8. The van der Waals surface area contributed by atoms with Crippen molar-refractivity contribution in [2.24, 2.45) is 11.8 Å². The minimum atomic E-state index is -1.22. The van der Waals surface area contributed by atoms with Crippen molar-refractivity contribution in [2.45, 2.75) is 155 Å². The van der Waals surface area contributed by atoms with E-state index in [1.807, 2.05) is 62.1 Å². The van der Waals surface area contributed by atoms with Crippen LogP contribution in [0.25, 0.3) is 0 Å². The number of rotatable bonds is 19. The number of Topliss-reactive ketones (excluding diaryl/α,β-unsaturated/α-hetero) is 2. The van der Waals surface area contributed by atoms with Crippen molar-refractivity contribution in [2.75, 3.05) is 26.3 Å². The second-order valence-corrected chi connectivity index (χ2v) is 21.5. The Morgan fingerprint density at radius 3 is 1.34 bits per heavy atom. The largest absolute Gasteiger partial charge is 1.00 e. The highest BCUT2D eigenvalue weighted by Crippen LogP contribution is 2.32. The summed E-state index contributed by atoms with van der Waals surface area (Å²) < 4.78 is 25.9. The van der Waals surface area contributed by atoms with Gasteiger partial charge in [0.1, 0.15) is 5.60 Å². The molecule has 2 saturated heterocycles. The molecular weight excluding hydrogens is 1100 g/mol. The standard InChI is InChI=1S/C33H47N2O6.C25H30N2O6.2CO2.2ClH/c1-24(25-14-9-8-10-15-25)28-17-11-12-19-35(28)31(38)39-23-34-18-13-16-26(21-34)29(36)20-27(22-40-32(2,3)4)30(37)41-33(5,6)7;1-18(19-8-3-2-4-9-19)22-11-5-6-13-27(22)25(32)33-17-26-12-7-10-20(15-26)23(29)14-21(16-28)24(30)31;2*2-1-3;;/h8-10,13-16,18,21,24,27-28H,11-12,17,19-20,22-23H2,1-7H3;2-4,7-10,12,15,18,21-22,28H,5-6,11,13-14,16-17H2,1H3;;;2*1H/q+1;;;;;/p-1/t24-,27+,28-;18-,21+,22-;;;;/m11..../s1. The van der Waals surface area contributed by atoms with Crippen molar-refractivity contribution in [3.63, 3.8) is 0 Å². The van der Waals surface area contributed by atoms with Crippen LogP contribution < -0.4 is 33.9 Å². The van der Waals surface area contributed by atoms with Gasteiger partial charge < -0.3 is 63.8 Å². The van der Waals surface area contributed by atoms with Gasteiger partial charge in [-0.15, -0.1) is 0 Å². The molecule has 2 amide bonds. The number of nitrogens with zero attached hydrogens (tertiary/aromatic N) is 4. The highest BCUT2D eigenvalue weighted by Gasteiger charge is 2.35. The summed E-state index contributed by atoms with van der Waals surface area (Å²) in [5, 5.41) is 18.2. The third kappa shape index (κ3) is 25.3. The minimum Gasteiger partial charge on any atom is -1.00 e. The van der Waals surface area contributed by atoms with Crippen molar-refractivity contribution < 1.29 is 111 Å². The number of carbonyl (C=O) groups excluding carboxylic acids is 9. The number of hydrogen-bond donors (Lipinski definition) is 2. The number of aliphatic hydroxyl groups excluding tert-OH is 1. The molecule has 6 atom stereocenters. The first-order valence-corrected chi connectivity index (χ1v) is 26.7. The van der Waals surface area contributed by atoms with Gasteiger partial charge >= 0.3 is 36.4 Å². The molecule has 20 nitrogen and oxygen atoms in total. The van der Waals surface area contributed by atoms with Gasteiger partial charge in [0.15, 0.2) is 36.4 Å². The van der Waals surface area contributed by atoms with Gasteiger partial charge in [-0.2, -0.15) is 28.3 Å². The van der Waals surface area contributed by atoms with E-state index in [1.165, 1.54) is 17.3 Å². The molecule has 2 N–H and O–H groups in total. The first-order valence-electron chi connectivity index (χ1n) is 26.7. The summed E-state index contributed by atoms with van der Waals surface area (Å²) >= 11 is 0. The normalized spacial score (nSPS) is 16.1. The van der Waals surface area contributed by atoms with Crippen LogP contribution in [0.2, 0.25) is 0 Å². The Labute approximate surface area is 492 Å². The molecule has 4 heterocycles. The number of halogens is 2. The van der Waals surface area contributed by atoms with E-state index in [1.54, 1.807) is 77.7 Å². The van der Waals surface area contributed by atoms with E-state index >= 15 is 0 Å². The quantitative estimate of drug-likeness (QED) is 0.0588. The number of pyridine rings is 2. The summed E-state index contributed by atoms with van der Waals surface area (Å²) in [5.74, 6) is -3.81. The number of aromatic nitrogens is 2. The fourth-order valence-corrected chi connectivity index (χ4v) is 9.18. The van der Waals surface area contributed by atoms with Crippen LogP contribution >= 0.6 is 0 Å². The number of benzene rings is 2. The number of ether oxygens (including phenoxy) is 4. The predicted molar refractivity (Wildman–Crippen MR) is 286 cm³/mol.